The number of benzene rings is 1. The molecule has 0 atom stereocenters. The summed E-state index contributed by atoms with van der Waals surface area (Å²) in [6.07, 6.45) is 0. The molecule has 0 saturated carbocycles. The molecule has 1 fully saturated rings. The molecule has 0 aliphatic carbocycles. The summed E-state index contributed by atoms with van der Waals surface area (Å²) in [7, 11) is 1.64. The summed E-state index contributed by atoms with van der Waals surface area (Å²) in [6.45, 7) is 6.78. The summed E-state index contributed by atoms with van der Waals surface area (Å²) in [4.78, 5) is 14.2. The number of methoxy groups -OCH3 is 1. The Bertz CT molecular complexity index is 451. The largest absolute Gasteiger partial charge is 0.496 e. The van der Waals surface area contributed by atoms with Crippen molar-refractivity contribution in [1.29, 1.82) is 0 Å². The van der Waals surface area contributed by atoms with Crippen LogP contribution in [0.1, 0.15) is 35.7 Å². The van der Waals surface area contributed by atoms with Crippen molar-refractivity contribution >= 4 is 5.91 Å². The summed E-state index contributed by atoms with van der Waals surface area (Å²) in [5, 5.41) is 0. The van der Waals surface area contributed by atoms with Gasteiger partial charge in [-0.15, -0.1) is 0 Å². The van der Waals surface area contributed by atoms with Gasteiger partial charge in [-0.25, -0.2) is 0 Å². The molecule has 4 nitrogen and oxygen atoms in total. The van der Waals surface area contributed by atoms with Gasteiger partial charge in [0.1, 0.15) is 5.75 Å². The second-order valence-corrected chi connectivity index (χ2v) is 5.02. The SMILES string of the molecule is COc1cc(C(=O)N2CCOCC2)ccc1C(C)C. The van der Waals surface area contributed by atoms with Crippen LogP contribution in [0.2, 0.25) is 0 Å². The molecular formula is C15H21NO3. The van der Waals surface area contributed by atoms with Crippen LogP contribution in [0.25, 0.3) is 0 Å². The highest BCUT2D eigenvalue weighted by Crippen LogP contribution is 2.27. The maximum atomic E-state index is 12.4. The second-order valence-electron chi connectivity index (χ2n) is 5.02. The van der Waals surface area contributed by atoms with Crippen molar-refractivity contribution in [1.82, 2.24) is 4.90 Å². The quantitative estimate of drug-likeness (QED) is 0.840. The topological polar surface area (TPSA) is 38.8 Å². The molecule has 1 aromatic carbocycles. The average molecular weight is 263 g/mol. The highest BCUT2D eigenvalue weighted by Gasteiger charge is 2.20. The lowest BCUT2D eigenvalue weighted by Crippen LogP contribution is -2.40. The van der Waals surface area contributed by atoms with Gasteiger partial charge in [-0.1, -0.05) is 19.9 Å². The monoisotopic (exact) mass is 263 g/mol. The molecule has 1 aromatic rings. The number of carbonyl (C=O) groups is 1. The van der Waals surface area contributed by atoms with Gasteiger partial charge in [0, 0.05) is 18.7 Å². The molecule has 2 rings (SSSR count). The van der Waals surface area contributed by atoms with E-state index >= 15 is 0 Å². The van der Waals surface area contributed by atoms with Gasteiger partial charge >= 0.3 is 0 Å². The molecule has 1 amide bonds. The highest BCUT2D eigenvalue weighted by molar-refractivity contribution is 5.94. The van der Waals surface area contributed by atoms with Crippen molar-refractivity contribution in [2.45, 2.75) is 19.8 Å². The van der Waals surface area contributed by atoms with Crippen molar-refractivity contribution in [3.05, 3.63) is 29.3 Å². The Morgan fingerprint density at radius 3 is 2.58 bits per heavy atom. The molecule has 104 valence electrons. The number of morpholine rings is 1. The third kappa shape index (κ3) is 3.07. The summed E-state index contributed by atoms with van der Waals surface area (Å²) in [5.74, 6) is 1.22. The van der Waals surface area contributed by atoms with Crippen LogP contribution < -0.4 is 4.74 Å². The van der Waals surface area contributed by atoms with Crippen LogP contribution in [0.15, 0.2) is 18.2 Å². The molecule has 0 N–H and O–H groups in total. The van der Waals surface area contributed by atoms with E-state index in [1.807, 2.05) is 23.1 Å². The molecule has 1 aliphatic rings. The molecule has 0 unspecified atom stereocenters. The number of nitrogens with zero attached hydrogens (tertiary/aromatic N) is 1. The lowest BCUT2D eigenvalue weighted by Gasteiger charge is -2.27. The first-order valence-corrected chi connectivity index (χ1v) is 6.68. The molecule has 0 bridgehead atoms. The third-order valence-electron chi connectivity index (χ3n) is 3.40. The van der Waals surface area contributed by atoms with Gasteiger partial charge in [-0.2, -0.15) is 0 Å². The molecule has 1 saturated heterocycles. The zero-order valence-electron chi connectivity index (χ0n) is 11.8. The number of hydrogen-bond acceptors (Lipinski definition) is 3. The predicted octanol–water partition coefficient (Wildman–Crippen LogP) is 2.29. The minimum atomic E-state index is 0.0527. The van der Waals surface area contributed by atoms with Gasteiger partial charge in [-0.05, 0) is 23.6 Å². The van der Waals surface area contributed by atoms with Crippen molar-refractivity contribution in [3.63, 3.8) is 0 Å². The van der Waals surface area contributed by atoms with Gasteiger partial charge in [-0.3, -0.25) is 4.79 Å². The fourth-order valence-corrected chi connectivity index (χ4v) is 2.27. The second kappa shape index (κ2) is 6.06. The van der Waals surface area contributed by atoms with E-state index in [0.29, 0.717) is 37.8 Å². The minimum absolute atomic E-state index is 0.0527. The summed E-state index contributed by atoms with van der Waals surface area (Å²) in [6, 6.07) is 5.71. The fourth-order valence-electron chi connectivity index (χ4n) is 2.27. The normalized spacial score (nSPS) is 15.7. The van der Waals surface area contributed by atoms with Crippen molar-refractivity contribution in [3.8, 4) is 5.75 Å². The number of ether oxygens (including phenoxy) is 2. The molecule has 1 heterocycles. The lowest BCUT2D eigenvalue weighted by atomic mass is 10.00. The van der Waals surface area contributed by atoms with Crippen molar-refractivity contribution in [2.75, 3.05) is 33.4 Å². The Balaban J connectivity index is 2.22. The molecular weight excluding hydrogens is 242 g/mol. The van der Waals surface area contributed by atoms with Gasteiger partial charge in [0.15, 0.2) is 0 Å². The maximum Gasteiger partial charge on any atom is 0.254 e. The molecule has 0 spiro atoms. The van der Waals surface area contributed by atoms with E-state index in [2.05, 4.69) is 13.8 Å². The van der Waals surface area contributed by atoms with Crippen LogP contribution in [0.3, 0.4) is 0 Å². The van der Waals surface area contributed by atoms with E-state index < -0.39 is 0 Å². The Hall–Kier alpha value is -1.55. The molecule has 0 aromatic heterocycles. The van der Waals surface area contributed by atoms with Crippen LogP contribution >= 0.6 is 0 Å². The van der Waals surface area contributed by atoms with Gasteiger partial charge < -0.3 is 14.4 Å². The van der Waals surface area contributed by atoms with Gasteiger partial charge in [0.25, 0.3) is 5.91 Å². The minimum Gasteiger partial charge on any atom is -0.496 e. The van der Waals surface area contributed by atoms with Crippen LogP contribution in [0.4, 0.5) is 0 Å². The zero-order chi connectivity index (χ0) is 13.8. The smallest absolute Gasteiger partial charge is 0.254 e. The van der Waals surface area contributed by atoms with Crippen LogP contribution in [0.5, 0.6) is 5.75 Å². The summed E-state index contributed by atoms with van der Waals surface area (Å²) in [5.41, 5.74) is 1.81. The first kappa shape index (κ1) is 13.9. The first-order valence-electron chi connectivity index (χ1n) is 6.68. The number of rotatable bonds is 3. The number of hydrogen-bond donors (Lipinski definition) is 0. The van der Waals surface area contributed by atoms with E-state index in [0.717, 1.165) is 11.3 Å². The van der Waals surface area contributed by atoms with Crippen molar-refractivity contribution < 1.29 is 14.3 Å². The first-order chi connectivity index (χ1) is 9.13. The van der Waals surface area contributed by atoms with E-state index in [1.165, 1.54) is 0 Å². The Morgan fingerprint density at radius 2 is 2.00 bits per heavy atom. The third-order valence-corrected chi connectivity index (χ3v) is 3.40. The average Bonchev–Trinajstić information content (AvgIpc) is 2.46. The van der Waals surface area contributed by atoms with E-state index in [4.69, 9.17) is 9.47 Å². The number of amides is 1. The van der Waals surface area contributed by atoms with Crippen LogP contribution in [0, 0.1) is 0 Å². The fraction of sp³-hybridized carbons (Fsp3) is 0.533. The van der Waals surface area contributed by atoms with Gasteiger partial charge in [0.2, 0.25) is 0 Å². The summed E-state index contributed by atoms with van der Waals surface area (Å²) >= 11 is 0. The Labute approximate surface area is 114 Å². The molecule has 1 aliphatic heterocycles. The highest BCUT2D eigenvalue weighted by atomic mass is 16.5. The Kier molecular flexibility index (Phi) is 4.43. The Morgan fingerprint density at radius 1 is 1.32 bits per heavy atom. The predicted molar refractivity (Wildman–Crippen MR) is 73.8 cm³/mol. The zero-order valence-corrected chi connectivity index (χ0v) is 11.8. The summed E-state index contributed by atoms with van der Waals surface area (Å²) < 4.78 is 10.7. The standard InChI is InChI=1S/C15H21NO3/c1-11(2)13-5-4-12(10-14(13)18-3)15(17)16-6-8-19-9-7-16/h4-5,10-11H,6-9H2,1-3H3. The molecule has 4 heteroatoms. The number of carbonyl (C=O) groups excluding carboxylic acids is 1. The molecule has 0 radical (unpaired) electrons. The lowest BCUT2D eigenvalue weighted by molar-refractivity contribution is 0.0302. The van der Waals surface area contributed by atoms with Crippen molar-refractivity contribution in [2.24, 2.45) is 0 Å². The van der Waals surface area contributed by atoms with E-state index in [-0.39, 0.29) is 5.91 Å². The maximum absolute atomic E-state index is 12.4. The van der Waals surface area contributed by atoms with Crippen LogP contribution in [-0.2, 0) is 4.74 Å². The van der Waals surface area contributed by atoms with E-state index in [1.54, 1.807) is 7.11 Å². The van der Waals surface area contributed by atoms with E-state index in [9.17, 15) is 4.79 Å². The van der Waals surface area contributed by atoms with Gasteiger partial charge in [0.05, 0.1) is 20.3 Å². The van der Waals surface area contributed by atoms with Crippen LogP contribution in [-0.4, -0.2) is 44.2 Å². The molecule has 19 heavy (non-hydrogen) atoms.